The topological polar surface area (TPSA) is 41.9 Å². The van der Waals surface area contributed by atoms with E-state index in [1.54, 1.807) is 6.07 Å². The van der Waals surface area contributed by atoms with Gasteiger partial charge < -0.3 is 14.6 Å². The van der Waals surface area contributed by atoms with Crippen molar-refractivity contribution in [2.45, 2.75) is 32.1 Å². The lowest BCUT2D eigenvalue weighted by Crippen LogP contribution is -2.48. The lowest BCUT2D eigenvalue weighted by molar-refractivity contribution is -0.0283. The summed E-state index contributed by atoms with van der Waals surface area (Å²) in [5, 5.41) is 10.5. The summed E-state index contributed by atoms with van der Waals surface area (Å²) in [4.78, 5) is 2.12. The van der Waals surface area contributed by atoms with Crippen molar-refractivity contribution in [3.63, 3.8) is 0 Å². The highest BCUT2D eigenvalue weighted by molar-refractivity contribution is 5.40. The van der Waals surface area contributed by atoms with Gasteiger partial charge in [-0.05, 0) is 48.7 Å². The summed E-state index contributed by atoms with van der Waals surface area (Å²) < 4.78 is 37.5. The van der Waals surface area contributed by atoms with E-state index in [2.05, 4.69) is 4.90 Å². The molecule has 1 N–H and O–H groups in total. The number of aliphatic hydroxyl groups is 1. The third kappa shape index (κ3) is 4.31. The fourth-order valence-corrected chi connectivity index (χ4v) is 3.24. The highest BCUT2D eigenvalue weighted by Crippen LogP contribution is 2.30. The number of likely N-dealkylation sites (tertiary alicyclic amines) is 1. The Balaban J connectivity index is 1.62. The maximum absolute atomic E-state index is 13.3. The highest BCUT2D eigenvalue weighted by atomic mass is 19.1. The zero-order valence-electron chi connectivity index (χ0n) is 14.9. The van der Waals surface area contributed by atoms with E-state index in [1.165, 1.54) is 37.4 Å². The van der Waals surface area contributed by atoms with Crippen LogP contribution in [0.3, 0.4) is 0 Å². The predicted octanol–water partition coefficient (Wildman–Crippen LogP) is 3.30. The lowest BCUT2D eigenvalue weighted by atomic mass is 10.0. The minimum atomic E-state index is -0.681. The van der Waals surface area contributed by atoms with Gasteiger partial charge in [0, 0.05) is 25.7 Å². The number of hydrogen-bond donors (Lipinski definition) is 1. The molecule has 1 aliphatic rings. The molecular formula is C20H23F2NO3. The Morgan fingerprint density at radius 3 is 2.54 bits per heavy atom. The third-order valence-electron chi connectivity index (χ3n) is 4.71. The minimum absolute atomic E-state index is 0.244. The fraction of sp³-hybridized carbons (Fsp3) is 0.400. The average Bonchev–Trinajstić information content (AvgIpc) is 2.61. The van der Waals surface area contributed by atoms with Crippen molar-refractivity contribution in [2.75, 3.05) is 20.2 Å². The Bertz CT molecular complexity index is 769. The number of ether oxygens (including phenoxy) is 2. The summed E-state index contributed by atoms with van der Waals surface area (Å²) in [6.45, 7) is 3.72. The van der Waals surface area contributed by atoms with E-state index < -0.39 is 11.9 Å². The molecule has 140 valence electrons. The van der Waals surface area contributed by atoms with Crippen LogP contribution in [-0.2, 0) is 6.54 Å². The molecule has 0 radical (unpaired) electrons. The Labute approximate surface area is 152 Å². The van der Waals surface area contributed by atoms with Crippen molar-refractivity contribution in [1.29, 1.82) is 0 Å². The van der Waals surface area contributed by atoms with E-state index in [4.69, 9.17) is 9.47 Å². The van der Waals surface area contributed by atoms with Crippen LogP contribution in [0.15, 0.2) is 36.4 Å². The summed E-state index contributed by atoms with van der Waals surface area (Å²) in [6, 6.07) is 8.82. The van der Waals surface area contributed by atoms with Crippen LogP contribution in [0.1, 0.15) is 17.5 Å². The van der Waals surface area contributed by atoms with Crippen LogP contribution >= 0.6 is 0 Å². The number of rotatable bonds is 5. The van der Waals surface area contributed by atoms with E-state index in [9.17, 15) is 13.9 Å². The van der Waals surface area contributed by atoms with Crippen LogP contribution in [-0.4, -0.2) is 42.4 Å². The number of piperidine rings is 1. The van der Waals surface area contributed by atoms with Gasteiger partial charge in [0.25, 0.3) is 0 Å². The Morgan fingerprint density at radius 2 is 1.85 bits per heavy atom. The van der Waals surface area contributed by atoms with Crippen molar-refractivity contribution in [2.24, 2.45) is 0 Å². The number of β-amino-alcohol motifs (C(OH)–C–C–N with tert-alkyl or cyclic N) is 1. The molecule has 0 unspecified atom stereocenters. The van der Waals surface area contributed by atoms with Gasteiger partial charge in [-0.25, -0.2) is 8.78 Å². The highest BCUT2D eigenvalue weighted by Gasteiger charge is 2.30. The predicted molar refractivity (Wildman–Crippen MR) is 94.4 cm³/mol. The molecule has 4 nitrogen and oxygen atoms in total. The molecular weight excluding hydrogens is 340 g/mol. The second-order valence-corrected chi connectivity index (χ2v) is 6.61. The van der Waals surface area contributed by atoms with E-state index in [0.717, 1.165) is 17.7 Å². The van der Waals surface area contributed by atoms with Gasteiger partial charge in [-0.15, -0.1) is 0 Å². The molecule has 6 heteroatoms. The third-order valence-corrected chi connectivity index (χ3v) is 4.71. The first-order valence-electron chi connectivity index (χ1n) is 8.62. The molecule has 1 fully saturated rings. The molecule has 2 aromatic rings. The molecule has 26 heavy (non-hydrogen) atoms. The maximum atomic E-state index is 13.3. The van der Waals surface area contributed by atoms with E-state index in [0.29, 0.717) is 31.0 Å². The quantitative estimate of drug-likeness (QED) is 0.885. The molecule has 1 saturated heterocycles. The standard InChI is InChI=1S/C20H23F2NO3/c1-13-9-15(21)4-3-14(13)11-23-8-7-18(17(24)12-23)26-19-6-5-16(22)10-20(19)25-2/h3-6,9-10,17-18,24H,7-8,11-12H2,1-2H3/t17-,18-/m1/s1. The van der Waals surface area contributed by atoms with Crippen molar-refractivity contribution >= 4 is 0 Å². The molecule has 3 rings (SSSR count). The summed E-state index contributed by atoms with van der Waals surface area (Å²) in [6.07, 6.45) is -0.443. The molecule has 0 bridgehead atoms. The SMILES string of the molecule is COc1cc(F)ccc1O[C@@H]1CCN(Cc2ccc(F)cc2C)C[C@H]1O. The van der Waals surface area contributed by atoms with Crippen molar-refractivity contribution in [3.05, 3.63) is 59.2 Å². The van der Waals surface area contributed by atoms with Crippen molar-refractivity contribution in [3.8, 4) is 11.5 Å². The first-order chi connectivity index (χ1) is 12.5. The molecule has 0 aromatic heterocycles. The number of benzene rings is 2. The zero-order chi connectivity index (χ0) is 18.7. The fourth-order valence-electron chi connectivity index (χ4n) is 3.24. The van der Waals surface area contributed by atoms with Crippen molar-refractivity contribution in [1.82, 2.24) is 4.90 Å². The van der Waals surface area contributed by atoms with Crippen LogP contribution in [0.4, 0.5) is 8.78 Å². The van der Waals surface area contributed by atoms with Crippen LogP contribution in [0, 0.1) is 18.6 Å². The molecule has 1 aliphatic heterocycles. The number of aliphatic hydroxyl groups excluding tert-OH is 1. The minimum Gasteiger partial charge on any atom is -0.493 e. The van der Waals surface area contributed by atoms with E-state index >= 15 is 0 Å². The van der Waals surface area contributed by atoms with Gasteiger partial charge in [0.15, 0.2) is 11.5 Å². The van der Waals surface area contributed by atoms with Gasteiger partial charge in [-0.3, -0.25) is 4.90 Å². The number of hydrogen-bond acceptors (Lipinski definition) is 4. The van der Waals surface area contributed by atoms with Gasteiger partial charge in [0.1, 0.15) is 23.8 Å². The average molecular weight is 363 g/mol. The van der Waals surface area contributed by atoms with Gasteiger partial charge in [0.05, 0.1) is 7.11 Å². The Kier molecular flexibility index (Phi) is 5.74. The van der Waals surface area contributed by atoms with Gasteiger partial charge >= 0.3 is 0 Å². The largest absolute Gasteiger partial charge is 0.493 e. The van der Waals surface area contributed by atoms with Gasteiger partial charge in [0.2, 0.25) is 0 Å². The van der Waals surface area contributed by atoms with Gasteiger partial charge in [-0.1, -0.05) is 6.07 Å². The van der Waals surface area contributed by atoms with Crippen LogP contribution in [0.25, 0.3) is 0 Å². The second-order valence-electron chi connectivity index (χ2n) is 6.61. The molecule has 2 aromatic carbocycles. The Hall–Kier alpha value is -2.18. The van der Waals surface area contributed by atoms with E-state index in [-0.39, 0.29) is 11.9 Å². The molecule has 0 amide bonds. The summed E-state index contributed by atoms with van der Waals surface area (Å²) in [5.74, 6) is 0.0771. The van der Waals surface area contributed by atoms with Crippen LogP contribution in [0.2, 0.25) is 0 Å². The zero-order valence-corrected chi connectivity index (χ0v) is 14.9. The van der Waals surface area contributed by atoms with E-state index in [1.807, 2.05) is 6.92 Å². The Morgan fingerprint density at radius 1 is 1.12 bits per heavy atom. The summed E-state index contributed by atoms with van der Waals surface area (Å²) in [7, 11) is 1.45. The summed E-state index contributed by atoms with van der Waals surface area (Å²) in [5.41, 5.74) is 1.94. The number of aryl methyl sites for hydroxylation is 1. The number of halogens is 2. The first kappa shape index (κ1) is 18.6. The molecule has 2 atom stereocenters. The normalized spacial score (nSPS) is 20.8. The first-order valence-corrected chi connectivity index (χ1v) is 8.62. The molecule has 1 heterocycles. The second kappa shape index (κ2) is 8.01. The lowest BCUT2D eigenvalue weighted by Gasteiger charge is -2.36. The van der Waals surface area contributed by atoms with Crippen LogP contribution in [0.5, 0.6) is 11.5 Å². The molecule has 0 spiro atoms. The maximum Gasteiger partial charge on any atom is 0.163 e. The number of methoxy groups -OCH3 is 1. The van der Waals surface area contributed by atoms with Gasteiger partial charge in [-0.2, -0.15) is 0 Å². The molecule has 0 aliphatic carbocycles. The summed E-state index contributed by atoms with van der Waals surface area (Å²) >= 11 is 0. The monoisotopic (exact) mass is 363 g/mol. The smallest absolute Gasteiger partial charge is 0.163 e. The van der Waals surface area contributed by atoms with Crippen LogP contribution < -0.4 is 9.47 Å². The van der Waals surface area contributed by atoms with Crippen molar-refractivity contribution < 1.29 is 23.4 Å². The molecule has 0 saturated carbocycles. The number of nitrogens with zero attached hydrogens (tertiary/aromatic N) is 1.